The van der Waals surface area contributed by atoms with E-state index < -0.39 is 0 Å². The van der Waals surface area contributed by atoms with Crippen molar-refractivity contribution in [1.82, 2.24) is 0 Å². The molecule has 1 nitrogen and oxygen atoms in total. The molecule has 2 heteroatoms. The van der Waals surface area contributed by atoms with E-state index >= 15 is 0 Å². The summed E-state index contributed by atoms with van der Waals surface area (Å²) in [4.78, 5) is 0. The van der Waals surface area contributed by atoms with Gasteiger partial charge in [0, 0.05) is 32.7 Å². The van der Waals surface area contributed by atoms with Crippen molar-refractivity contribution < 1.29 is 32.7 Å². The maximum absolute atomic E-state index is 3.50. The van der Waals surface area contributed by atoms with Crippen LogP contribution in [0.15, 0.2) is 0 Å². The number of hydrogen-bond donors (Lipinski definition) is 0. The van der Waals surface area contributed by atoms with E-state index in [9.17, 15) is 0 Å². The Morgan fingerprint density at radius 2 is 1.20 bits per heavy atom. The van der Waals surface area contributed by atoms with Crippen molar-refractivity contribution in [1.29, 1.82) is 0 Å². The third-order valence-corrected chi connectivity index (χ3v) is 0. The molecule has 1 radical (unpaired) electrons. The van der Waals surface area contributed by atoms with Gasteiger partial charge < -0.3 is 12.7 Å². The second-order valence-corrected chi connectivity index (χ2v) is 0.447. The molecule has 0 rings (SSSR count). The maximum atomic E-state index is 3.50. The number of hydrogen-bond acceptors (Lipinski definition) is 0. The molecule has 0 saturated heterocycles. The molecular formula is C3H9NY-2. The molecule has 0 amide bonds. The summed E-state index contributed by atoms with van der Waals surface area (Å²) in [6.07, 6.45) is 0. The minimum absolute atomic E-state index is 0. The molecule has 0 aromatic rings. The predicted octanol–water partition coefficient (Wildman–Crippen LogP) is 1.07. The molecule has 0 aliphatic rings. The summed E-state index contributed by atoms with van der Waals surface area (Å²) in [7, 11) is 3.50. The van der Waals surface area contributed by atoms with Crippen molar-refractivity contribution in [2.24, 2.45) is 0 Å². The zero-order chi connectivity index (χ0) is 2.71. The second kappa shape index (κ2) is 19.6. The van der Waals surface area contributed by atoms with Crippen LogP contribution >= 0.6 is 0 Å². The van der Waals surface area contributed by atoms with E-state index in [0.29, 0.717) is 0 Å². The molecule has 0 atom stereocenters. The Labute approximate surface area is 59.4 Å². The molecular weight excluding hydrogens is 139 g/mol. The largest absolute Gasteiger partial charge is 0.668 e. The first-order valence-electron chi connectivity index (χ1n) is 0.894. The van der Waals surface area contributed by atoms with Gasteiger partial charge in [-0.1, -0.05) is 0 Å². The minimum atomic E-state index is 0. The topological polar surface area (TPSA) is 14.1 Å². The molecule has 0 heterocycles. The summed E-state index contributed by atoms with van der Waals surface area (Å²) in [5.74, 6) is 0. The molecule has 0 bridgehead atoms. The van der Waals surface area contributed by atoms with Crippen molar-refractivity contribution in [3.8, 4) is 0 Å². The molecule has 0 unspecified atom stereocenters. The maximum Gasteiger partial charge on any atom is 0 e. The third-order valence-electron chi connectivity index (χ3n) is 0. The van der Waals surface area contributed by atoms with Crippen molar-refractivity contribution in [2.45, 2.75) is 0 Å². The van der Waals surface area contributed by atoms with Crippen LogP contribution in [-0.2, 0) is 32.7 Å². The average Bonchev–Trinajstić information content (AvgIpc) is 0.918. The van der Waals surface area contributed by atoms with Gasteiger partial charge >= 0.3 is 0 Å². The van der Waals surface area contributed by atoms with Gasteiger partial charge in [-0.3, -0.25) is 0 Å². The quantitative estimate of drug-likeness (QED) is 0.456. The molecule has 0 aliphatic heterocycles. The second-order valence-electron chi connectivity index (χ2n) is 0.447. The molecule has 5 heavy (non-hydrogen) atoms. The van der Waals surface area contributed by atoms with Crippen molar-refractivity contribution in [3.63, 3.8) is 0 Å². The van der Waals surface area contributed by atoms with E-state index in [1.54, 1.807) is 14.1 Å². The van der Waals surface area contributed by atoms with E-state index in [4.69, 9.17) is 0 Å². The van der Waals surface area contributed by atoms with Crippen LogP contribution in [0.2, 0.25) is 0 Å². The summed E-state index contributed by atoms with van der Waals surface area (Å²) in [5.41, 5.74) is 0. The fraction of sp³-hybridized carbons (Fsp3) is 0.667. The van der Waals surface area contributed by atoms with E-state index in [1.807, 2.05) is 0 Å². The monoisotopic (exact) mass is 148 g/mol. The normalized spacial score (nSPS) is 3.60. The van der Waals surface area contributed by atoms with E-state index in [2.05, 4.69) is 5.32 Å². The first kappa shape index (κ1) is 16.6. The number of nitrogens with zero attached hydrogens (tertiary/aromatic N) is 1. The van der Waals surface area contributed by atoms with Gasteiger partial charge in [0.1, 0.15) is 0 Å². The molecule has 0 aliphatic carbocycles. The Kier molecular flexibility index (Phi) is 65.0. The summed E-state index contributed by atoms with van der Waals surface area (Å²) < 4.78 is 0. The third kappa shape index (κ3) is 42.0. The van der Waals surface area contributed by atoms with Crippen LogP contribution in [0.1, 0.15) is 0 Å². The smallest absolute Gasteiger partial charge is 0 e. The molecule has 0 saturated carbocycles. The van der Waals surface area contributed by atoms with Gasteiger partial charge in [0.15, 0.2) is 0 Å². The van der Waals surface area contributed by atoms with Gasteiger partial charge in [-0.2, -0.15) is 14.1 Å². The Bertz CT molecular complexity index is 6.85. The van der Waals surface area contributed by atoms with Crippen LogP contribution in [0.25, 0.3) is 5.32 Å². The van der Waals surface area contributed by atoms with Crippen molar-refractivity contribution in [3.05, 3.63) is 12.7 Å². The summed E-state index contributed by atoms with van der Waals surface area (Å²) >= 11 is 0. The molecule has 0 spiro atoms. The van der Waals surface area contributed by atoms with Crippen LogP contribution in [0.4, 0.5) is 0 Å². The molecule has 0 aromatic heterocycles. The van der Waals surface area contributed by atoms with E-state index in [-0.39, 0.29) is 40.1 Å². The van der Waals surface area contributed by atoms with Crippen molar-refractivity contribution in [2.75, 3.05) is 14.1 Å². The fourth-order valence-corrected chi connectivity index (χ4v) is 0. The Hall–Kier alpha value is 1.06. The van der Waals surface area contributed by atoms with Crippen LogP contribution in [0.5, 0.6) is 0 Å². The standard InChI is InChI=1S/C2H6N.CH3.Y/c1-3-2;;/h1-2H3;1H3;/q2*-1;. The zero-order valence-corrected chi connectivity index (χ0v) is 6.86. The van der Waals surface area contributed by atoms with Gasteiger partial charge in [-0.15, -0.1) is 0 Å². The SMILES string of the molecule is C[N-]C.[CH3-].[Y]. The van der Waals surface area contributed by atoms with E-state index in [1.165, 1.54) is 0 Å². The molecule has 0 aromatic carbocycles. The van der Waals surface area contributed by atoms with Gasteiger partial charge in [0.05, 0.1) is 0 Å². The Morgan fingerprint density at radius 3 is 1.20 bits per heavy atom. The van der Waals surface area contributed by atoms with Crippen LogP contribution in [0, 0.1) is 7.43 Å². The van der Waals surface area contributed by atoms with Crippen LogP contribution in [-0.4, -0.2) is 14.1 Å². The Balaban J connectivity index is -0.0000000200. The van der Waals surface area contributed by atoms with Crippen molar-refractivity contribution >= 4 is 0 Å². The number of rotatable bonds is 0. The van der Waals surface area contributed by atoms with Gasteiger partial charge in [0.25, 0.3) is 0 Å². The first-order chi connectivity index (χ1) is 1.41. The molecule has 31 valence electrons. The fourth-order valence-electron chi connectivity index (χ4n) is 0. The van der Waals surface area contributed by atoms with Gasteiger partial charge in [-0.25, -0.2) is 0 Å². The first-order valence-corrected chi connectivity index (χ1v) is 0.894. The Morgan fingerprint density at radius 1 is 1.20 bits per heavy atom. The van der Waals surface area contributed by atoms with Crippen LogP contribution in [0.3, 0.4) is 0 Å². The minimum Gasteiger partial charge on any atom is -0.668 e. The zero-order valence-electron chi connectivity index (χ0n) is 4.02. The average molecular weight is 148 g/mol. The summed E-state index contributed by atoms with van der Waals surface area (Å²) in [6.45, 7) is 0. The van der Waals surface area contributed by atoms with Crippen LogP contribution < -0.4 is 0 Å². The summed E-state index contributed by atoms with van der Waals surface area (Å²) in [6, 6.07) is 0. The molecule has 0 N–H and O–H groups in total. The molecule has 0 fully saturated rings. The van der Waals surface area contributed by atoms with Gasteiger partial charge in [-0.05, 0) is 0 Å². The van der Waals surface area contributed by atoms with E-state index in [0.717, 1.165) is 0 Å². The van der Waals surface area contributed by atoms with Gasteiger partial charge in [0.2, 0.25) is 0 Å². The summed E-state index contributed by atoms with van der Waals surface area (Å²) in [5, 5.41) is 3.50. The predicted molar refractivity (Wildman–Crippen MR) is 21.6 cm³/mol.